The van der Waals surface area contributed by atoms with Gasteiger partial charge in [0.15, 0.2) is 6.61 Å². The molecule has 1 aromatic heterocycles. The Bertz CT molecular complexity index is 809. The van der Waals surface area contributed by atoms with Gasteiger partial charge in [0.2, 0.25) is 0 Å². The van der Waals surface area contributed by atoms with Gasteiger partial charge in [-0.2, -0.15) is 5.10 Å². The van der Waals surface area contributed by atoms with Crippen molar-refractivity contribution in [1.29, 1.82) is 0 Å². The van der Waals surface area contributed by atoms with Crippen LogP contribution >= 0.6 is 0 Å². The van der Waals surface area contributed by atoms with E-state index in [2.05, 4.69) is 15.7 Å². The summed E-state index contributed by atoms with van der Waals surface area (Å²) in [6, 6.07) is -0.593. The van der Waals surface area contributed by atoms with Gasteiger partial charge in [-0.3, -0.25) is 24.0 Å². The minimum atomic E-state index is -0.871. The molecule has 146 valence electrons. The minimum absolute atomic E-state index is 0.395. The van der Waals surface area contributed by atoms with Gasteiger partial charge in [-0.15, -0.1) is 0 Å². The molecule has 0 unspecified atom stereocenters. The molecule has 10 nitrogen and oxygen atoms in total. The van der Waals surface area contributed by atoms with Crippen molar-refractivity contribution in [2.24, 2.45) is 7.05 Å². The fourth-order valence-electron chi connectivity index (χ4n) is 3.59. The predicted octanol–water partition coefficient (Wildman–Crippen LogP) is 0.383. The monoisotopic (exact) mass is 377 g/mol. The van der Waals surface area contributed by atoms with E-state index in [0.29, 0.717) is 24.2 Å². The summed E-state index contributed by atoms with van der Waals surface area (Å²) in [6.07, 6.45) is 2.87. The van der Waals surface area contributed by atoms with Crippen LogP contribution in [0.1, 0.15) is 37.1 Å². The zero-order valence-corrected chi connectivity index (χ0v) is 15.6. The quantitative estimate of drug-likeness (QED) is 0.565. The van der Waals surface area contributed by atoms with Crippen LogP contribution in [0.4, 0.5) is 10.5 Å². The van der Waals surface area contributed by atoms with Crippen LogP contribution in [0.2, 0.25) is 0 Å². The number of hydrogen-bond donors (Lipinski definition) is 2. The number of imide groups is 1. The summed E-state index contributed by atoms with van der Waals surface area (Å²) in [5.74, 6) is -1.73. The van der Waals surface area contributed by atoms with Crippen LogP contribution in [0.5, 0.6) is 0 Å². The van der Waals surface area contributed by atoms with Gasteiger partial charge < -0.3 is 15.4 Å². The van der Waals surface area contributed by atoms with E-state index in [0.717, 1.165) is 23.4 Å². The van der Waals surface area contributed by atoms with Crippen molar-refractivity contribution in [2.45, 2.75) is 45.1 Å². The van der Waals surface area contributed by atoms with Gasteiger partial charge >= 0.3 is 12.0 Å². The number of esters is 1. The number of amides is 4. The molecular formula is C17H23N5O5. The Morgan fingerprint density at radius 1 is 1.26 bits per heavy atom. The normalized spacial score (nSPS) is 18.1. The van der Waals surface area contributed by atoms with Crippen molar-refractivity contribution >= 4 is 29.5 Å². The van der Waals surface area contributed by atoms with Gasteiger partial charge in [0.05, 0.1) is 17.1 Å². The standard InChI is InChI=1S/C17H23N5O5/c1-10-14(11(2)21(3)20-10)18-12(23)9-27-13(24)8-22-15(25)17(19-16(22)26)6-4-5-7-17/h4-9H2,1-3H3,(H,18,23)(H,19,26). The van der Waals surface area contributed by atoms with E-state index in [1.54, 1.807) is 25.6 Å². The molecule has 2 aliphatic rings. The van der Waals surface area contributed by atoms with Gasteiger partial charge in [0.25, 0.3) is 11.8 Å². The highest BCUT2D eigenvalue weighted by molar-refractivity contribution is 6.09. The third-order valence-electron chi connectivity index (χ3n) is 5.13. The molecule has 2 fully saturated rings. The lowest BCUT2D eigenvalue weighted by Gasteiger charge is -2.19. The summed E-state index contributed by atoms with van der Waals surface area (Å²) in [7, 11) is 1.76. The van der Waals surface area contributed by atoms with Crippen LogP contribution in [0, 0.1) is 13.8 Å². The number of aromatic nitrogens is 2. The third kappa shape index (κ3) is 3.51. The zero-order chi connectivity index (χ0) is 19.8. The molecule has 1 spiro atoms. The van der Waals surface area contributed by atoms with Gasteiger partial charge in [-0.1, -0.05) is 12.8 Å². The highest BCUT2D eigenvalue weighted by Gasteiger charge is 2.52. The number of nitrogens with one attached hydrogen (secondary N) is 2. The first-order chi connectivity index (χ1) is 12.7. The first-order valence-electron chi connectivity index (χ1n) is 8.83. The maximum Gasteiger partial charge on any atom is 0.326 e. The molecule has 0 radical (unpaired) electrons. The van der Waals surface area contributed by atoms with Gasteiger partial charge in [-0.05, 0) is 26.7 Å². The third-order valence-corrected chi connectivity index (χ3v) is 5.13. The van der Waals surface area contributed by atoms with E-state index >= 15 is 0 Å². The Hall–Kier alpha value is -2.91. The number of rotatable bonds is 5. The molecule has 1 saturated heterocycles. The number of urea groups is 1. The number of carbonyl (C=O) groups excluding carboxylic acids is 4. The molecule has 10 heteroatoms. The first-order valence-corrected chi connectivity index (χ1v) is 8.83. The van der Waals surface area contributed by atoms with Gasteiger partial charge in [0, 0.05) is 7.05 Å². The summed E-state index contributed by atoms with van der Waals surface area (Å²) in [5.41, 5.74) is 1.12. The van der Waals surface area contributed by atoms with E-state index in [-0.39, 0.29) is 0 Å². The van der Waals surface area contributed by atoms with Crippen LogP contribution in [0.25, 0.3) is 0 Å². The average molecular weight is 377 g/mol. The summed E-state index contributed by atoms with van der Waals surface area (Å²) in [4.78, 5) is 49.4. The molecule has 4 amide bonds. The Morgan fingerprint density at radius 2 is 1.93 bits per heavy atom. The molecule has 1 saturated carbocycles. The highest BCUT2D eigenvalue weighted by Crippen LogP contribution is 2.34. The van der Waals surface area contributed by atoms with Crippen molar-refractivity contribution < 1.29 is 23.9 Å². The second-order valence-electron chi connectivity index (χ2n) is 6.99. The smallest absolute Gasteiger partial charge is 0.326 e. The van der Waals surface area contributed by atoms with Crippen LogP contribution < -0.4 is 10.6 Å². The maximum atomic E-state index is 12.5. The fourth-order valence-corrected chi connectivity index (χ4v) is 3.59. The molecule has 0 bridgehead atoms. The number of anilines is 1. The molecule has 1 aliphatic heterocycles. The number of aryl methyl sites for hydroxylation is 2. The second-order valence-corrected chi connectivity index (χ2v) is 6.99. The fraction of sp³-hybridized carbons (Fsp3) is 0.588. The van der Waals surface area contributed by atoms with E-state index < -0.39 is 42.5 Å². The molecule has 2 heterocycles. The molecular weight excluding hydrogens is 354 g/mol. The largest absolute Gasteiger partial charge is 0.454 e. The second kappa shape index (κ2) is 7.01. The molecule has 0 aromatic carbocycles. The topological polar surface area (TPSA) is 123 Å². The van der Waals surface area contributed by atoms with Crippen LogP contribution in [-0.4, -0.2) is 57.2 Å². The Balaban J connectivity index is 1.52. The van der Waals surface area contributed by atoms with Crippen LogP contribution in [0.15, 0.2) is 0 Å². The molecule has 0 atom stereocenters. The molecule has 3 rings (SSSR count). The number of ether oxygens (including phenoxy) is 1. The highest BCUT2D eigenvalue weighted by atomic mass is 16.5. The van der Waals surface area contributed by atoms with Gasteiger partial charge in [0.1, 0.15) is 12.1 Å². The lowest BCUT2D eigenvalue weighted by atomic mass is 9.98. The van der Waals surface area contributed by atoms with Crippen molar-refractivity contribution in [1.82, 2.24) is 20.0 Å². The van der Waals surface area contributed by atoms with Crippen LogP contribution in [0.3, 0.4) is 0 Å². The molecule has 2 N–H and O–H groups in total. The Morgan fingerprint density at radius 3 is 2.52 bits per heavy atom. The van der Waals surface area contributed by atoms with Crippen molar-refractivity contribution in [3.8, 4) is 0 Å². The van der Waals surface area contributed by atoms with Crippen molar-refractivity contribution in [2.75, 3.05) is 18.5 Å². The van der Waals surface area contributed by atoms with E-state index in [4.69, 9.17) is 4.74 Å². The number of hydrogen-bond acceptors (Lipinski definition) is 6. The molecule has 27 heavy (non-hydrogen) atoms. The van der Waals surface area contributed by atoms with Crippen molar-refractivity contribution in [3.63, 3.8) is 0 Å². The minimum Gasteiger partial charge on any atom is -0.454 e. The summed E-state index contributed by atoms with van der Waals surface area (Å²) < 4.78 is 6.55. The maximum absolute atomic E-state index is 12.5. The Labute approximate surface area is 156 Å². The van der Waals surface area contributed by atoms with Crippen LogP contribution in [-0.2, 0) is 26.2 Å². The molecule has 1 aliphatic carbocycles. The average Bonchev–Trinajstić information content (AvgIpc) is 3.24. The SMILES string of the molecule is Cc1nn(C)c(C)c1NC(=O)COC(=O)CN1C(=O)NC2(CCCC2)C1=O. The lowest BCUT2D eigenvalue weighted by Crippen LogP contribution is -2.44. The molecule has 1 aromatic rings. The number of nitrogens with zero attached hydrogens (tertiary/aromatic N) is 3. The van der Waals surface area contributed by atoms with Gasteiger partial charge in [-0.25, -0.2) is 4.79 Å². The first kappa shape index (κ1) is 18.9. The number of carbonyl (C=O) groups is 4. The summed E-state index contributed by atoms with van der Waals surface area (Å²) >= 11 is 0. The lowest BCUT2D eigenvalue weighted by molar-refractivity contribution is -0.150. The van der Waals surface area contributed by atoms with E-state index in [9.17, 15) is 19.2 Å². The summed E-state index contributed by atoms with van der Waals surface area (Å²) in [5, 5.41) is 9.52. The predicted molar refractivity (Wildman–Crippen MR) is 93.7 cm³/mol. The Kier molecular flexibility index (Phi) is 4.90. The van der Waals surface area contributed by atoms with E-state index in [1.807, 2.05) is 0 Å². The van der Waals surface area contributed by atoms with Crippen molar-refractivity contribution in [3.05, 3.63) is 11.4 Å². The van der Waals surface area contributed by atoms with E-state index in [1.165, 1.54) is 0 Å². The summed E-state index contributed by atoms with van der Waals surface area (Å²) in [6.45, 7) is 2.54. The zero-order valence-electron chi connectivity index (χ0n) is 15.6.